The van der Waals surface area contributed by atoms with Gasteiger partial charge >= 0.3 is 0 Å². The predicted octanol–water partition coefficient (Wildman–Crippen LogP) is 2.65. The van der Waals surface area contributed by atoms with Crippen LogP contribution in [0.2, 0.25) is 0 Å². The van der Waals surface area contributed by atoms with Gasteiger partial charge in [-0.3, -0.25) is 4.79 Å². The Bertz CT molecular complexity index is 685. The zero-order valence-corrected chi connectivity index (χ0v) is 16.2. The Hall–Kier alpha value is -1.11. The average molecular weight is 387 g/mol. The summed E-state index contributed by atoms with van der Waals surface area (Å²) in [7, 11) is -1.36. The number of amides is 1. The molecule has 0 bridgehead atoms. The van der Waals surface area contributed by atoms with Gasteiger partial charge in [-0.15, -0.1) is 12.4 Å². The first-order valence-corrected chi connectivity index (χ1v) is 10.4. The van der Waals surface area contributed by atoms with Gasteiger partial charge in [-0.25, -0.2) is 8.42 Å². The molecule has 5 nitrogen and oxygen atoms in total. The van der Waals surface area contributed by atoms with E-state index in [0.29, 0.717) is 10.5 Å². The molecule has 7 heteroatoms. The minimum Gasteiger partial charge on any atom is -0.334 e. The standard InChI is InChI=1S/C18H26N2O3S.ClH/c1-19-13-15-5-4-12-20(15)18(21)14-8-10-17(11-9-14)24(22,23)16-6-2-3-7-16;/h8-11,15-16,19H,2-7,12-13H2,1H3;1H. The Morgan fingerprint density at radius 2 is 1.76 bits per heavy atom. The van der Waals surface area contributed by atoms with Crippen molar-refractivity contribution in [2.24, 2.45) is 0 Å². The molecule has 2 aliphatic rings. The van der Waals surface area contributed by atoms with Crippen molar-refractivity contribution in [2.45, 2.75) is 54.7 Å². The van der Waals surface area contributed by atoms with Crippen molar-refractivity contribution in [1.29, 1.82) is 0 Å². The van der Waals surface area contributed by atoms with Crippen LogP contribution in [0.15, 0.2) is 29.2 Å². The van der Waals surface area contributed by atoms with Crippen LogP contribution in [0, 0.1) is 0 Å². The fraction of sp³-hybridized carbons (Fsp3) is 0.611. The van der Waals surface area contributed by atoms with Crippen molar-refractivity contribution in [2.75, 3.05) is 20.1 Å². The molecule has 1 aliphatic carbocycles. The van der Waals surface area contributed by atoms with E-state index < -0.39 is 9.84 Å². The maximum atomic E-state index is 12.7. The molecular formula is C18H27ClN2O3S. The number of hydrogen-bond donors (Lipinski definition) is 1. The number of rotatable bonds is 5. The van der Waals surface area contributed by atoms with Gasteiger partial charge in [0.05, 0.1) is 10.1 Å². The van der Waals surface area contributed by atoms with E-state index in [-0.39, 0.29) is 29.6 Å². The zero-order chi connectivity index (χ0) is 17.2. The second-order valence-corrected chi connectivity index (χ2v) is 9.06. The Kier molecular flexibility index (Phi) is 6.88. The molecule has 1 amide bonds. The molecule has 2 fully saturated rings. The van der Waals surface area contributed by atoms with E-state index in [1.54, 1.807) is 24.3 Å². The van der Waals surface area contributed by atoms with E-state index in [2.05, 4.69) is 5.32 Å². The van der Waals surface area contributed by atoms with Crippen LogP contribution < -0.4 is 5.32 Å². The molecule has 1 heterocycles. The number of carbonyl (C=O) groups excluding carboxylic acids is 1. The second-order valence-electron chi connectivity index (χ2n) is 6.83. The van der Waals surface area contributed by atoms with Crippen molar-refractivity contribution in [3.8, 4) is 0 Å². The van der Waals surface area contributed by atoms with E-state index in [0.717, 1.165) is 51.6 Å². The van der Waals surface area contributed by atoms with Gasteiger partial charge in [-0.2, -0.15) is 0 Å². The van der Waals surface area contributed by atoms with Crippen molar-refractivity contribution in [3.63, 3.8) is 0 Å². The van der Waals surface area contributed by atoms with E-state index in [4.69, 9.17) is 0 Å². The summed E-state index contributed by atoms with van der Waals surface area (Å²) < 4.78 is 25.2. The summed E-state index contributed by atoms with van der Waals surface area (Å²) in [5, 5.41) is 2.88. The second kappa shape index (κ2) is 8.52. The van der Waals surface area contributed by atoms with Crippen LogP contribution in [0.1, 0.15) is 48.9 Å². The lowest BCUT2D eigenvalue weighted by Crippen LogP contribution is -2.40. The van der Waals surface area contributed by atoms with Gasteiger partial charge in [0.15, 0.2) is 9.84 Å². The molecular weight excluding hydrogens is 360 g/mol. The van der Waals surface area contributed by atoms with Crippen molar-refractivity contribution >= 4 is 28.2 Å². The van der Waals surface area contributed by atoms with Crippen LogP contribution in [0.4, 0.5) is 0 Å². The van der Waals surface area contributed by atoms with Crippen molar-refractivity contribution < 1.29 is 13.2 Å². The smallest absolute Gasteiger partial charge is 0.254 e. The number of sulfone groups is 1. The molecule has 140 valence electrons. The van der Waals surface area contributed by atoms with Crippen molar-refractivity contribution in [1.82, 2.24) is 10.2 Å². The molecule has 1 aromatic carbocycles. The third-order valence-electron chi connectivity index (χ3n) is 5.25. The Balaban J connectivity index is 0.00000225. The highest BCUT2D eigenvalue weighted by atomic mass is 35.5. The van der Waals surface area contributed by atoms with Crippen molar-refractivity contribution in [3.05, 3.63) is 29.8 Å². The fourth-order valence-electron chi connectivity index (χ4n) is 3.90. The molecule has 1 aliphatic heterocycles. The minimum atomic E-state index is -3.25. The first kappa shape index (κ1) is 20.2. The third-order valence-corrected chi connectivity index (χ3v) is 7.53. The number of hydrogen-bond acceptors (Lipinski definition) is 4. The number of halogens is 1. The van der Waals surface area contributed by atoms with E-state index in [9.17, 15) is 13.2 Å². The molecule has 0 aromatic heterocycles. The molecule has 1 saturated heterocycles. The van der Waals surface area contributed by atoms with Gasteiger partial charge in [0.2, 0.25) is 0 Å². The summed E-state index contributed by atoms with van der Waals surface area (Å²) in [5.74, 6) is -0.00226. The van der Waals surface area contributed by atoms with Gasteiger partial charge in [0.1, 0.15) is 0 Å². The van der Waals surface area contributed by atoms with Gasteiger partial charge in [-0.1, -0.05) is 12.8 Å². The summed E-state index contributed by atoms with van der Waals surface area (Å²) in [6.45, 7) is 1.56. The van der Waals surface area contributed by atoms with Crippen LogP contribution >= 0.6 is 12.4 Å². The summed E-state index contributed by atoms with van der Waals surface area (Å²) in [5.41, 5.74) is 0.573. The number of benzene rings is 1. The molecule has 0 spiro atoms. The van der Waals surface area contributed by atoms with Crippen LogP contribution in [0.3, 0.4) is 0 Å². The van der Waals surface area contributed by atoms with Crippen LogP contribution in [-0.4, -0.2) is 50.7 Å². The first-order chi connectivity index (χ1) is 11.5. The Morgan fingerprint density at radius 1 is 1.12 bits per heavy atom. The molecule has 1 unspecified atom stereocenters. The Morgan fingerprint density at radius 3 is 2.36 bits per heavy atom. The minimum absolute atomic E-state index is 0. The summed E-state index contributed by atoms with van der Waals surface area (Å²) in [4.78, 5) is 14.9. The van der Waals surface area contributed by atoms with Gasteiger partial charge in [-0.05, 0) is 57.0 Å². The highest BCUT2D eigenvalue weighted by molar-refractivity contribution is 7.92. The molecule has 1 aromatic rings. The van der Waals surface area contributed by atoms with Crippen LogP contribution in [-0.2, 0) is 9.84 Å². The summed E-state index contributed by atoms with van der Waals surface area (Å²) >= 11 is 0. The maximum absolute atomic E-state index is 12.7. The zero-order valence-electron chi connectivity index (χ0n) is 14.6. The average Bonchev–Trinajstić information content (AvgIpc) is 3.27. The summed E-state index contributed by atoms with van der Waals surface area (Å²) in [6.07, 6.45) is 5.52. The highest BCUT2D eigenvalue weighted by Gasteiger charge is 2.31. The van der Waals surface area contributed by atoms with E-state index in [1.165, 1.54) is 0 Å². The molecule has 3 rings (SSSR count). The number of nitrogens with one attached hydrogen (secondary N) is 1. The summed E-state index contributed by atoms with van der Waals surface area (Å²) in [6, 6.07) is 6.76. The molecule has 0 radical (unpaired) electrons. The molecule has 1 saturated carbocycles. The molecule has 1 atom stereocenters. The normalized spacial score (nSPS) is 21.3. The maximum Gasteiger partial charge on any atom is 0.254 e. The van der Waals surface area contributed by atoms with E-state index >= 15 is 0 Å². The fourth-order valence-corrected chi connectivity index (χ4v) is 5.75. The molecule has 25 heavy (non-hydrogen) atoms. The number of nitrogens with zero attached hydrogens (tertiary/aromatic N) is 1. The predicted molar refractivity (Wildman–Crippen MR) is 101 cm³/mol. The third kappa shape index (κ3) is 4.18. The topological polar surface area (TPSA) is 66.5 Å². The van der Waals surface area contributed by atoms with Gasteiger partial charge in [0, 0.05) is 24.7 Å². The lowest BCUT2D eigenvalue weighted by atomic mass is 10.1. The van der Waals surface area contributed by atoms with E-state index in [1.807, 2.05) is 11.9 Å². The number of carbonyl (C=O) groups is 1. The van der Waals surface area contributed by atoms with Crippen LogP contribution in [0.25, 0.3) is 0 Å². The lowest BCUT2D eigenvalue weighted by Gasteiger charge is -2.24. The Labute approximate surface area is 156 Å². The van der Waals surface area contributed by atoms with Gasteiger partial charge < -0.3 is 10.2 Å². The number of likely N-dealkylation sites (tertiary alicyclic amines) is 1. The lowest BCUT2D eigenvalue weighted by molar-refractivity contribution is 0.0737. The SMILES string of the molecule is CNCC1CCCN1C(=O)c1ccc(S(=O)(=O)C2CCCC2)cc1.Cl. The van der Waals surface area contributed by atoms with Gasteiger partial charge in [0.25, 0.3) is 5.91 Å². The quantitative estimate of drug-likeness (QED) is 0.844. The monoisotopic (exact) mass is 386 g/mol. The number of likely N-dealkylation sites (N-methyl/N-ethyl adjacent to an activating group) is 1. The first-order valence-electron chi connectivity index (χ1n) is 8.83. The highest BCUT2D eigenvalue weighted by Crippen LogP contribution is 2.30. The molecule has 1 N–H and O–H groups in total. The largest absolute Gasteiger partial charge is 0.334 e. The van der Waals surface area contributed by atoms with Crippen LogP contribution in [0.5, 0.6) is 0 Å².